The van der Waals surface area contributed by atoms with Crippen LogP contribution in [0.1, 0.15) is 51.1 Å². The molecule has 102 valence electrons. The Morgan fingerprint density at radius 3 is 2.56 bits per heavy atom. The Kier molecular flexibility index (Phi) is 5.37. The van der Waals surface area contributed by atoms with E-state index in [-0.39, 0.29) is 0 Å². The second kappa shape index (κ2) is 6.60. The molecule has 1 aromatic heterocycles. The molecule has 0 spiro atoms. The van der Waals surface area contributed by atoms with Crippen molar-refractivity contribution in [2.75, 3.05) is 6.54 Å². The molecule has 0 amide bonds. The second-order valence-corrected chi connectivity index (χ2v) is 7.82. The van der Waals surface area contributed by atoms with Gasteiger partial charge in [-0.2, -0.15) is 0 Å². The topological polar surface area (TPSA) is 12.0 Å². The zero-order chi connectivity index (χ0) is 13.1. The summed E-state index contributed by atoms with van der Waals surface area (Å²) in [6.07, 6.45) is 5.48. The van der Waals surface area contributed by atoms with Crippen LogP contribution in [0.25, 0.3) is 0 Å². The van der Waals surface area contributed by atoms with Gasteiger partial charge in [0.1, 0.15) is 0 Å². The van der Waals surface area contributed by atoms with Crippen molar-refractivity contribution in [3.63, 3.8) is 0 Å². The van der Waals surface area contributed by atoms with Gasteiger partial charge in [-0.15, -0.1) is 11.3 Å². The average Bonchev–Trinajstić information content (AvgIpc) is 2.67. The zero-order valence-corrected chi connectivity index (χ0v) is 13.3. The molecule has 0 aromatic carbocycles. The summed E-state index contributed by atoms with van der Waals surface area (Å²) >= 11 is 13.6. The Morgan fingerprint density at radius 1 is 1.33 bits per heavy atom. The smallest absolute Gasteiger partial charge is 0.0991 e. The Hall–Kier alpha value is 0.240. The van der Waals surface area contributed by atoms with E-state index in [1.165, 1.54) is 37.0 Å². The first kappa shape index (κ1) is 14.6. The maximum Gasteiger partial charge on any atom is 0.0991 e. The van der Waals surface area contributed by atoms with Gasteiger partial charge in [0.25, 0.3) is 0 Å². The summed E-state index contributed by atoms with van der Waals surface area (Å²) in [5.41, 5.74) is 1.14. The minimum absolute atomic E-state index is 0.292. The van der Waals surface area contributed by atoms with Crippen molar-refractivity contribution in [2.45, 2.75) is 45.6 Å². The molecule has 1 aliphatic carbocycles. The largest absolute Gasteiger partial charge is 0.310 e. The van der Waals surface area contributed by atoms with Crippen LogP contribution < -0.4 is 5.32 Å². The summed E-state index contributed by atoms with van der Waals surface area (Å²) < 4.78 is 1.59. The van der Waals surface area contributed by atoms with Gasteiger partial charge in [-0.25, -0.2) is 0 Å². The molecule has 1 aliphatic rings. The van der Waals surface area contributed by atoms with Crippen LogP contribution in [0.5, 0.6) is 0 Å². The summed E-state index contributed by atoms with van der Waals surface area (Å²) in [4.78, 5) is 0. The highest BCUT2D eigenvalue weighted by Crippen LogP contribution is 2.35. The van der Waals surface area contributed by atoms with E-state index in [0.717, 1.165) is 32.6 Å². The van der Waals surface area contributed by atoms with E-state index in [2.05, 4.69) is 19.2 Å². The number of hydrogen-bond donors (Lipinski definition) is 1. The predicted molar refractivity (Wildman–Crippen MR) is 81.9 cm³/mol. The van der Waals surface area contributed by atoms with Crippen LogP contribution in [0.15, 0.2) is 6.07 Å². The summed E-state index contributed by atoms with van der Waals surface area (Å²) in [6, 6.07) is 2.27. The van der Waals surface area contributed by atoms with Crippen molar-refractivity contribution in [1.29, 1.82) is 0 Å². The minimum Gasteiger partial charge on any atom is -0.310 e. The standard InChI is InChI=1S/C14H21Cl2NS/c1-9-3-5-11(6-4-9)8-17-10(2)12-7-13(15)18-14(12)16/h7,9-11,17H,3-6,8H2,1-2H3. The SMILES string of the molecule is CC1CCC(CNC(C)c2cc(Cl)sc2Cl)CC1. The van der Waals surface area contributed by atoms with Gasteiger partial charge in [0, 0.05) is 6.04 Å². The number of hydrogen-bond acceptors (Lipinski definition) is 2. The van der Waals surface area contributed by atoms with E-state index in [9.17, 15) is 0 Å². The fourth-order valence-corrected chi connectivity index (χ4v) is 4.28. The van der Waals surface area contributed by atoms with Crippen molar-refractivity contribution in [3.8, 4) is 0 Å². The van der Waals surface area contributed by atoms with E-state index < -0.39 is 0 Å². The molecular weight excluding hydrogens is 285 g/mol. The average molecular weight is 306 g/mol. The fraction of sp³-hybridized carbons (Fsp3) is 0.714. The van der Waals surface area contributed by atoms with Gasteiger partial charge in [0.05, 0.1) is 8.67 Å². The lowest BCUT2D eigenvalue weighted by Crippen LogP contribution is -2.28. The first-order valence-corrected chi connectivity index (χ1v) is 8.31. The van der Waals surface area contributed by atoms with Gasteiger partial charge in [-0.3, -0.25) is 0 Å². The summed E-state index contributed by atoms with van der Waals surface area (Å²) in [5.74, 6) is 1.75. The molecule has 1 atom stereocenters. The van der Waals surface area contributed by atoms with Crippen LogP contribution in [-0.4, -0.2) is 6.54 Å². The van der Waals surface area contributed by atoms with Gasteiger partial charge in [-0.1, -0.05) is 43.0 Å². The summed E-state index contributed by atoms with van der Waals surface area (Å²) in [5, 5.41) is 3.60. The van der Waals surface area contributed by atoms with Crippen molar-refractivity contribution in [2.24, 2.45) is 11.8 Å². The minimum atomic E-state index is 0.292. The van der Waals surface area contributed by atoms with E-state index in [1.807, 2.05) is 6.07 Å². The van der Waals surface area contributed by atoms with Crippen LogP contribution in [0, 0.1) is 11.8 Å². The number of thiophene rings is 1. The summed E-state index contributed by atoms with van der Waals surface area (Å²) in [6.45, 7) is 5.62. The molecular formula is C14H21Cl2NS. The molecule has 1 N–H and O–H groups in total. The van der Waals surface area contributed by atoms with Gasteiger partial charge >= 0.3 is 0 Å². The van der Waals surface area contributed by atoms with Crippen molar-refractivity contribution in [3.05, 3.63) is 20.3 Å². The van der Waals surface area contributed by atoms with Gasteiger partial charge in [-0.05, 0) is 49.8 Å². The lowest BCUT2D eigenvalue weighted by atomic mass is 9.83. The third-order valence-corrected chi connectivity index (χ3v) is 5.52. The Morgan fingerprint density at radius 2 is 2.00 bits per heavy atom. The number of nitrogens with one attached hydrogen (secondary N) is 1. The summed E-state index contributed by atoms with van der Waals surface area (Å²) in [7, 11) is 0. The molecule has 0 saturated heterocycles. The molecule has 18 heavy (non-hydrogen) atoms. The van der Waals surface area contributed by atoms with E-state index in [1.54, 1.807) is 0 Å². The normalized spacial score (nSPS) is 26.2. The van der Waals surface area contributed by atoms with Crippen molar-refractivity contribution < 1.29 is 0 Å². The molecule has 0 bridgehead atoms. The molecule has 1 unspecified atom stereocenters. The van der Waals surface area contributed by atoms with Gasteiger partial charge < -0.3 is 5.32 Å². The third-order valence-electron chi connectivity index (χ3n) is 4.00. The monoisotopic (exact) mass is 305 g/mol. The van der Waals surface area contributed by atoms with Crippen molar-refractivity contribution in [1.82, 2.24) is 5.32 Å². The second-order valence-electron chi connectivity index (χ2n) is 5.54. The maximum absolute atomic E-state index is 6.17. The van der Waals surface area contributed by atoms with Crippen molar-refractivity contribution >= 4 is 34.5 Å². The lowest BCUT2D eigenvalue weighted by molar-refractivity contribution is 0.276. The molecule has 0 aliphatic heterocycles. The Labute approximate surface area is 124 Å². The lowest BCUT2D eigenvalue weighted by Gasteiger charge is -2.27. The Balaban J connectivity index is 1.81. The zero-order valence-electron chi connectivity index (χ0n) is 11.0. The molecule has 1 saturated carbocycles. The fourth-order valence-electron chi connectivity index (χ4n) is 2.63. The molecule has 1 heterocycles. The molecule has 1 aromatic rings. The third kappa shape index (κ3) is 3.86. The Bertz CT molecular complexity index is 383. The van der Waals surface area contributed by atoms with Gasteiger partial charge in [0.15, 0.2) is 0 Å². The van der Waals surface area contributed by atoms with E-state index in [4.69, 9.17) is 23.2 Å². The molecule has 1 fully saturated rings. The first-order chi connectivity index (χ1) is 8.56. The maximum atomic E-state index is 6.17. The van der Waals surface area contributed by atoms with Crippen LogP contribution in [0.3, 0.4) is 0 Å². The number of rotatable bonds is 4. The highest BCUT2D eigenvalue weighted by molar-refractivity contribution is 7.20. The van der Waals surface area contributed by atoms with Gasteiger partial charge in [0.2, 0.25) is 0 Å². The predicted octanol–water partition coefficient (Wildman–Crippen LogP) is 5.53. The number of halogens is 2. The van der Waals surface area contributed by atoms with Crippen LogP contribution in [0.2, 0.25) is 8.67 Å². The molecule has 1 nitrogen and oxygen atoms in total. The van der Waals surface area contributed by atoms with E-state index >= 15 is 0 Å². The van der Waals surface area contributed by atoms with Crippen LogP contribution in [-0.2, 0) is 0 Å². The molecule has 2 rings (SSSR count). The van der Waals surface area contributed by atoms with Crippen LogP contribution >= 0.6 is 34.5 Å². The highest BCUT2D eigenvalue weighted by Gasteiger charge is 2.19. The quantitative estimate of drug-likeness (QED) is 0.771. The molecule has 4 heteroatoms. The molecule has 0 radical (unpaired) electrons. The first-order valence-electron chi connectivity index (χ1n) is 6.74. The highest BCUT2D eigenvalue weighted by atomic mass is 35.5. The van der Waals surface area contributed by atoms with Crippen LogP contribution in [0.4, 0.5) is 0 Å². The van der Waals surface area contributed by atoms with E-state index in [0.29, 0.717) is 6.04 Å².